The number of ether oxygens (including phenoxy) is 1. The molecular weight excluding hydrogens is 340 g/mol. The first-order valence-corrected chi connectivity index (χ1v) is 9.64. The van der Waals surface area contributed by atoms with E-state index in [2.05, 4.69) is 9.97 Å². The average molecular weight is 362 g/mol. The van der Waals surface area contributed by atoms with Crippen LogP contribution in [0.3, 0.4) is 0 Å². The maximum atomic E-state index is 12.8. The second-order valence-corrected chi connectivity index (χ2v) is 7.85. The van der Waals surface area contributed by atoms with Crippen LogP contribution < -0.4 is 9.64 Å². The van der Waals surface area contributed by atoms with E-state index < -0.39 is 10.0 Å². The number of hydrogen-bond acceptors (Lipinski definition) is 6. The summed E-state index contributed by atoms with van der Waals surface area (Å²) >= 11 is 0. The Morgan fingerprint density at radius 2 is 1.80 bits per heavy atom. The van der Waals surface area contributed by atoms with Crippen molar-refractivity contribution in [3.05, 3.63) is 42.1 Å². The summed E-state index contributed by atoms with van der Waals surface area (Å²) < 4.78 is 32.3. The van der Waals surface area contributed by atoms with E-state index in [-0.39, 0.29) is 0 Å². The smallest absolute Gasteiger partial charge is 0.243 e. The quantitative estimate of drug-likeness (QED) is 0.824. The van der Waals surface area contributed by atoms with Gasteiger partial charge in [-0.15, -0.1) is 0 Å². The number of benzene rings is 1. The molecule has 1 fully saturated rings. The molecule has 25 heavy (non-hydrogen) atoms. The second-order valence-electron chi connectivity index (χ2n) is 5.91. The van der Waals surface area contributed by atoms with Crippen molar-refractivity contribution < 1.29 is 13.2 Å². The lowest BCUT2D eigenvalue weighted by molar-refractivity contribution is 0.396. The lowest BCUT2D eigenvalue weighted by Gasteiger charge is -2.22. The first kappa shape index (κ1) is 17.6. The van der Waals surface area contributed by atoms with Gasteiger partial charge in [0.2, 0.25) is 21.9 Å². The van der Waals surface area contributed by atoms with Crippen LogP contribution in [0.5, 0.6) is 5.88 Å². The maximum absolute atomic E-state index is 12.8. The summed E-state index contributed by atoms with van der Waals surface area (Å²) in [4.78, 5) is 11.2. The minimum Gasteiger partial charge on any atom is -0.481 e. The van der Waals surface area contributed by atoms with E-state index in [9.17, 15) is 8.42 Å². The molecule has 2 aromatic rings. The summed E-state index contributed by atoms with van der Waals surface area (Å²) in [5.74, 6) is 1.09. The Kier molecular flexibility index (Phi) is 5.19. The zero-order chi connectivity index (χ0) is 17.9. The normalized spacial score (nSPS) is 16.5. The van der Waals surface area contributed by atoms with Gasteiger partial charge in [-0.25, -0.2) is 13.4 Å². The monoisotopic (exact) mass is 362 g/mol. The standard InChI is InChI=1S/C17H22N4O3S/c1-14-13-16(24-2)19-17(18-14)20-9-6-10-21(12-11-20)25(22,23)15-7-4-3-5-8-15/h3-5,7-8,13H,6,9-12H2,1-2H3. The number of sulfonamides is 1. The van der Waals surface area contributed by atoms with Gasteiger partial charge >= 0.3 is 0 Å². The molecule has 1 saturated heterocycles. The molecule has 1 aliphatic heterocycles. The van der Waals surface area contributed by atoms with E-state index in [1.807, 2.05) is 17.9 Å². The molecule has 0 unspecified atom stereocenters. The van der Waals surface area contributed by atoms with Crippen molar-refractivity contribution >= 4 is 16.0 Å². The van der Waals surface area contributed by atoms with Crippen LogP contribution in [-0.2, 0) is 10.0 Å². The Morgan fingerprint density at radius 1 is 1.04 bits per heavy atom. The Hall–Kier alpha value is -2.19. The van der Waals surface area contributed by atoms with Gasteiger partial charge in [-0.3, -0.25) is 0 Å². The zero-order valence-electron chi connectivity index (χ0n) is 14.4. The minimum atomic E-state index is -3.47. The highest BCUT2D eigenvalue weighted by Crippen LogP contribution is 2.20. The van der Waals surface area contributed by atoms with E-state index in [0.717, 1.165) is 5.69 Å². The molecular formula is C17H22N4O3S. The molecule has 3 rings (SSSR count). The van der Waals surface area contributed by atoms with Crippen LogP contribution >= 0.6 is 0 Å². The predicted octanol–water partition coefficient (Wildman–Crippen LogP) is 1.69. The summed E-state index contributed by atoms with van der Waals surface area (Å²) in [5, 5.41) is 0. The first-order valence-electron chi connectivity index (χ1n) is 8.20. The lowest BCUT2D eigenvalue weighted by atomic mass is 10.4. The van der Waals surface area contributed by atoms with Crippen LogP contribution in [0, 0.1) is 6.92 Å². The fraction of sp³-hybridized carbons (Fsp3) is 0.412. The SMILES string of the molecule is COc1cc(C)nc(N2CCCN(S(=O)(=O)c3ccccc3)CC2)n1. The van der Waals surface area contributed by atoms with Gasteiger partial charge in [-0.1, -0.05) is 18.2 Å². The van der Waals surface area contributed by atoms with Gasteiger partial charge in [0.1, 0.15) is 0 Å². The number of aromatic nitrogens is 2. The summed E-state index contributed by atoms with van der Waals surface area (Å²) in [6.07, 6.45) is 0.714. The lowest BCUT2D eigenvalue weighted by Crippen LogP contribution is -2.35. The van der Waals surface area contributed by atoms with Crippen molar-refractivity contribution in [1.82, 2.24) is 14.3 Å². The number of methoxy groups -OCH3 is 1. The van der Waals surface area contributed by atoms with Crippen LogP contribution in [0.1, 0.15) is 12.1 Å². The molecule has 0 bridgehead atoms. The number of hydrogen-bond donors (Lipinski definition) is 0. The van der Waals surface area contributed by atoms with Gasteiger partial charge in [0, 0.05) is 37.9 Å². The third-order valence-corrected chi connectivity index (χ3v) is 6.06. The fourth-order valence-electron chi connectivity index (χ4n) is 2.85. The number of rotatable bonds is 4. The van der Waals surface area contributed by atoms with Crippen molar-refractivity contribution in [2.45, 2.75) is 18.2 Å². The topological polar surface area (TPSA) is 75.6 Å². The van der Waals surface area contributed by atoms with Crippen LogP contribution in [0.15, 0.2) is 41.3 Å². The molecule has 0 aliphatic carbocycles. The molecule has 0 atom stereocenters. The summed E-state index contributed by atoms with van der Waals surface area (Å²) in [5.41, 5.74) is 0.819. The molecule has 1 aromatic carbocycles. The molecule has 0 amide bonds. The van der Waals surface area contributed by atoms with Gasteiger partial charge < -0.3 is 9.64 Å². The minimum absolute atomic E-state index is 0.330. The van der Waals surface area contributed by atoms with E-state index in [4.69, 9.17) is 4.74 Å². The molecule has 8 heteroatoms. The zero-order valence-corrected chi connectivity index (χ0v) is 15.2. The molecule has 1 aliphatic rings. The summed E-state index contributed by atoms with van der Waals surface area (Å²) in [6.45, 7) is 4.01. The van der Waals surface area contributed by atoms with Crippen molar-refractivity contribution in [2.24, 2.45) is 0 Å². The third kappa shape index (κ3) is 3.91. The molecule has 0 radical (unpaired) electrons. The molecule has 0 N–H and O–H groups in total. The summed E-state index contributed by atoms with van der Waals surface area (Å²) in [7, 11) is -1.90. The first-order chi connectivity index (χ1) is 12.0. The summed E-state index contributed by atoms with van der Waals surface area (Å²) in [6, 6.07) is 10.3. The van der Waals surface area contributed by atoms with Crippen molar-refractivity contribution in [1.29, 1.82) is 0 Å². The highest BCUT2D eigenvalue weighted by atomic mass is 32.2. The molecule has 134 valence electrons. The van der Waals surface area contributed by atoms with E-state index in [1.165, 1.54) is 4.31 Å². The van der Waals surface area contributed by atoms with Crippen LogP contribution in [0.2, 0.25) is 0 Å². The van der Waals surface area contributed by atoms with Crippen molar-refractivity contribution in [3.8, 4) is 5.88 Å². The largest absolute Gasteiger partial charge is 0.481 e. The predicted molar refractivity (Wildman–Crippen MR) is 95.4 cm³/mol. The highest BCUT2D eigenvalue weighted by molar-refractivity contribution is 7.89. The second kappa shape index (κ2) is 7.37. The molecule has 2 heterocycles. The van der Waals surface area contributed by atoms with E-state index >= 15 is 0 Å². The Morgan fingerprint density at radius 3 is 2.52 bits per heavy atom. The van der Waals surface area contributed by atoms with Crippen molar-refractivity contribution in [3.63, 3.8) is 0 Å². The molecule has 0 spiro atoms. The molecule has 0 saturated carbocycles. The number of nitrogens with zero attached hydrogens (tertiary/aromatic N) is 4. The maximum Gasteiger partial charge on any atom is 0.243 e. The number of aryl methyl sites for hydroxylation is 1. The van der Waals surface area contributed by atoms with Gasteiger partial charge in [0.15, 0.2) is 0 Å². The Balaban J connectivity index is 1.78. The Labute approximate surface area is 148 Å². The molecule has 1 aromatic heterocycles. The third-order valence-electron chi connectivity index (χ3n) is 4.15. The van der Waals surface area contributed by atoms with Gasteiger partial charge in [-0.2, -0.15) is 9.29 Å². The van der Waals surface area contributed by atoms with E-state index in [1.54, 1.807) is 37.4 Å². The van der Waals surface area contributed by atoms with Gasteiger partial charge in [0.05, 0.1) is 12.0 Å². The fourth-order valence-corrected chi connectivity index (χ4v) is 4.34. The van der Waals surface area contributed by atoms with Gasteiger partial charge in [-0.05, 0) is 25.5 Å². The average Bonchev–Trinajstić information content (AvgIpc) is 2.88. The van der Waals surface area contributed by atoms with Crippen molar-refractivity contribution in [2.75, 3.05) is 38.2 Å². The van der Waals surface area contributed by atoms with E-state index in [0.29, 0.717) is 49.3 Å². The van der Waals surface area contributed by atoms with Gasteiger partial charge in [0.25, 0.3) is 0 Å². The Bertz CT molecular complexity index is 827. The van der Waals surface area contributed by atoms with Crippen LogP contribution in [0.4, 0.5) is 5.95 Å². The van der Waals surface area contributed by atoms with Crippen LogP contribution in [-0.4, -0.2) is 56.0 Å². The highest BCUT2D eigenvalue weighted by Gasteiger charge is 2.27. The van der Waals surface area contributed by atoms with Crippen LogP contribution in [0.25, 0.3) is 0 Å². The molecule has 7 nitrogen and oxygen atoms in total. The number of anilines is 1.